The lowest BCUT2D eigenvalue weighted by Gasteiger charge is -2.30. The van der Waals surface area contributed by atoms with Crippen LogP contribution in [0.4, 0.5) is 17.5 Å². The highest BCUT2D eigenvalue weighted by atomic mass is 15.3. The number of hydrogen-bond donors (Lipinski definition) is 1. The second-order valence-electron chi connectivity index (χ2n) is 5.31. The van der Waals surface area contributed by atoms with E-state index in [1.54, 1.807) is 0 Å². The fraction of sp³-hybridized carbons (Fsp3) is 0.333. The number of aromatic nitrogens is 2. The van der Waals surface area contributed by atoms with Crippen molar-refractivity contribution in [1.82, 2.24) is 9.97 Å². The summed E-state index contributed by atoms with van der Waals surface area (Å²) in [7, 11) is 3.90. The Morgan fingerprint density at radius 3 is 2.85 bits per heavy atom. The molecule has 5 heteroatoms. The summed E-state index contributed by atoms with van der Waals surface area (Å²) in [4.78, 5) is 13.1. The Balaban J connectivity index is 1.88. The number of nitrogen functional groups attached to an aromatic ring is 1. The largest absolute Gasteiger partial charge is 0.399 e. The van der Waals surface area contributed by atoms with Crippen molar-refractivity contribution in [3.63, 3.8) is 0 Å². The van der Waals surface area contributed by atoms with Gasteiger partial charge >= 0.3 is 0 Å². The molecule has 1 aliphatic heterocycles. The van der Waals surface area contributed by atoms with Crippen molar-refractivity contribution in [2.75, 3.05) is 36.2 Å². The number of anilines is 3. The van der Waals surface area contributed by atoms with Crippen LogP contribution in [0, 0.1) is 0 Å². The van der Waals surface area contributed by atoms with Gasteiger partial charge in [0.15, 0.2) is 0 Å². The average molecular weight is 269 g/mol. The first kappa shape index (κ1) is 12.7. The number of rotatable bonds is 2. The van der Waals surface area contributed by atoms with E-state index < -0.39 is 0 Å². The molecule has 1 aliphatic rings. The Labute approximate surface area is 119 Å². The van der Waals surface area contributed by atoms with Gasteiger partial charge in [-0.3, -0.25) is 0 Å². The van der Waals surface area contributed by atoms with Gasteiger partial charge in [-0.15, -0.1) is 0 Å². The number of hydrogen-bond acceptors (Lipinski definition) is 5. The molecule has 2 heterocycles. The summed E-state index contributed by atoms with van der Waals surface area (Å²) in [6, 6.07) is 8.14. The SMILES string of the molecule is CN(C)c1nccc(N2CCc3ccc(N)cc3C2)n1. The van der Waals surface area contributed by atoms with Crippen molar-refractivity contribution in [3.8, 4) is 0 Å². The molecule has 0 spiro atoms. The molecule has 2 N–H and O–H groups in total. The molecule has 2 aromatic rings. The molecule has 0 unspecified atom stereocenters. The molecule has 0 fully saturated rings. The predicted octanol–water partition coefficient (Wildman–Crippen LogP) is 1.69. The molecule has 104 valence electrons. The van der Waals surface area contributed by atoms with E-state index in [1.165, 1.54) is 11.1 Å². The van der Waals surface area contributed by atoms with Crippen molar-refractivity contribution in [3.05, 3.63) is 41.6 Å². The summed E-state index contributed by atoms with van der Waals surface area (Å²) in [5.74, 6) is 1.71. The van der Waals surface area contributed by atoms with Crippen molar-refractivity contribution in [1.29, 1.82) is 0 Å². The van der Waals surface area contributed by atoms with Gasteiger partial charge in [-0.1, -0.05) is 6.07 Å². The third kappa shape index (κ3) is 2.39. The first-order valence-electron chi connectivity index (χ1n) is 6.76. The number of nitrogens with zero attached hydrogens (tertiary/aromatic N) is 4. The zero-order valence-corrected chi connectivity index (χ0v) is 11.9. The van der Waals surface area contributed by atoms with E-state index in [2.05, 4.69) is 27.0 Å². The van der Waals surface area contributed by atoms with E-state index in [0.29, 0.717) is 0 Å². The maximum Gasteiger partial charge on any atom is 0.226 e. The van der Waals surface area contributed by atoms with Crippen molar-refractivity contribution in [2.45, 2.75) is 13.0 Å². The summed E-state index contributed by atoms with van der Waals surface area (Å²) in [5.41, 5.74) is 9.38. The average Bonchev–Trinajstić information content (AvgIpc) is 2.46. The van der Waals surface area contributed by atoms with Crippen LogP contribution < -0.4 is 15.5 Å². The molecule has 0 bridgehead atoms. The molecule has 20 heavy (non-hydrogen) atoms. The van der Waals surface area contributed by atoms with E-state index in [-0.39, 0.29) is 0 Å². The van der Waals surface area contributed by atoms with Gasteiger partial charge in [0.1, 0.15) is 5.82 Å². The lowest BCUT2D eigenvalue weighted by atomic mass is 9.99. The van der Waals surface area contributed by atoms with Crippen molar-refractivity contribution in [2.24, 2.45) is 0 Å². The molecule has 0 aliphatic carbocycles. The lowest BCUT2D eigenvalue weighted by Crippen LogP contribution is -2.31. The van der Waals surface area contributed by atoms with E-state index in [4.69, 9.17) is 5.73 Å². The Kier molecular flexibility index (Phi) is 3.18. The molecule has 5 nitrogen and oxygen atoms in total. The third-order valence-corrected chi connectivity index (χ3v) is 3.59. The molecule has 1 aromatic heterocycles. The summed E-state index contributed by atoms with van der Waals surface area (Å²) in [6.07, 6.45) is 2.84. The van der Waals surface area contributed by atoms with Crippen LogP contribution in [0.5, 0.6) is 0 Å². The van der Waals surface area contributed by atoms with Crippen molar-refractivity contribution < 1.29 is 0 Å². The molecular weight excluding hydrogens is 250 g/mol. The molecule has 0 atom stereocenters. The van der Waals surface area contributed by atoms with Crippen molar-refractivity contribution >= 4 is 17.5 Å². The van der Waals surface area contributed by atoms with Gasteiger partial charge in [-0.25, -0.2) is 4.98 Å². The molecule has 0 radical (unpaired) electrons. The van der Waals surface area contributed by atoms with Crippen LogP contribution in [-0.2, 0) is 13.0 Å². The minimum absolute atomic E-state index is 0.737. The maximum absolute atomic E-state index is 5.88. The first-order valence-corrected chi connectivity index (χ1v) is 6.76. The van der Waals surface area contributed by atoms with E-state index in [1.807, 2.05) is 37.3 Å². The molecule has 1 aromatic carbocycles. The monoisotopic (exact) mass is 269 g/mol. The van der Waals surface area contributed by atoms with Gasteiger partial charge in [-0.2, -0.15) is 4.98 Å². The summed E-state index contributed by atoms with van der Waals surface area (Å²) in [6.45, 7) is 1.82. The van der Waals surface area contributed by atoms with Crippen LogP contribution in [0.3, 0.4) is 0 Å². The lowest BCUT2D eigenvalue weighted by molar-refractivity contribution is 0.719. The van der Waals surface area contributed by atoms with Gasteiger partial charge in [0.05, 0.1) is 0 Å². The number of fused-ring (bicyclic) bond motifs is 1. The van der Waals surface area contributed by atoms with Gasteiger partial charge in [0, 0.05) is 39.1 Å². The Morgan fingerprint density at radius 1 is 1.20 bits per heavy atom. The van der Waals surface area contributed by atoms with Crippen LogP contribution in [0.15, 0.2) is 30.5 Å². The van der Waals surface area contributed by atoms with E-state index >= 15 is 0 Å². The Bertz CT molecular complexity index is 623. The summed E-state index contributed by atoms with van der Waals surface area (Å²) >= 11 is 0. The van der Waals surface area contributed by atoms with Crippen LogP contribution in [-0.4, -0.2) is 30.6 Å². The zero-order valence-electron chi connectivity index (χ0n) is 11.9. The fourth-order valence-electron chi connectivity index (χ4n) is 2.50. The number of benzene rings is 1. The van der Waals surface area contributed by atoms with E-state index in [0.717, 1.165) is 37.0 Å². The standard InChI is InChI=1S/C15H19N5/c1-19(2)15-17-7-5-14(18-15)20-8-6-11-3-4-13(16)9-12(11)10-20/h3-5,7,9H,6,8,10,16H2,1-2H3. The van der Waals surface area contributed by atoms with Gasteiger partial charge < -0.3 is 15.5 Å². The normalized spacial score (nSPS) is 14.0. The highest BCUT2D eigenvalue weighted by molar-refractivity contribution is 5.51. The number of nitrogens with two attached hydrogens (primary N) is 1. The third-order valence-electron chi connectivity index (χ3n) is 3.59. The Hall–Kier alpha value is -2.30. The maximum atomic E-state index is 5.88. The van der Waals surface area contributed by atoms with E-state index in [9.17, 15) is 0 Å². The first-order chi connectivity index (χ1) is 9.63. The second-order valence-corrected chi connectivity index (χ2v) is 5.31. The molecule has 3 rings (SSSR count). The van der Waals surface area contributed by atoms with Crippen LogP contribution in [0.2, 0.25) is 0 Å². The zero-order chi connectivity index (χ0) is 14.1. The molecule has 0 amide bonds. The Morgan fingerprint density at radius 2 is 2.05 bits per heavy atom. The molecule has 0 saturated heterocycles. The minimum Gasteiger partial charge on any atom is -0.399 e. The summed E-state index contributed by atoms with van der Waals surface area (Å²) < 4.78 is 0. The van der Waals surface area contributed by atoms with Crippen LogP contribution in [0.25, 0.3) is 0 Å². The van der Waals surface area contributed by atoms with Crippen LogP contribution >= 0.6 is 0 Å². The fourth-order valence-corrected chi connectivity index (χ4v) is 2.50. The topological polar surface area (TPSA) is 58.3 Å². The highest BCUT2D eigenvalue weighted by Crippen LogP contribution is 2.25. The predicted molar refractivity (Wildman–Crippen MR) is 82.0 cm³/mol. The summed E-state index contributed by atoms with van der Waals surface area (Å²) in [5, 5.41) is 0. The highest BCUT2D eigenvalue weighted by Gasteiger charge is 2.18. The minimum atomic E-state index is 0.737. The van der Waals surface area contributed by atoms with Gasteiger partial charge in [0.25, 0.3) is 0 Å². The van der Waals surface area contributed by atoms with Crippen LogP contribution in [0.1, 0.15) is 11.1 Å². The smallest absolute Gasteiger partial charge is 0.226 e. The second kappa shape index (κ2) is 5.00. The quantitative estimate of drug-likeness (QED) is 0.841. The molecule has 0 saturated carbocycles. The molecular formula is C15H19N5. The van der Waals surface area contributed by atoms with Gasteiger partial charge in [0.2, 0.25) is 5.95 Å². The van der Waals surface area contributed by atoms with Gasteiger partial charge in [-0.05, 0) is 35.7 Å².